The molecule has 1 aliphatic rings. The van der Waals surface area contributed by atoms with E-state index in [4.69, 9.17) is 9.26 Å². The molecule has 11 nitrogen and oxygen atoms in total. The second kappa shape index (κ2) is 11.3. The second-order valence-electron chi connectivity index (χ2n) is 9.59. The number of aryl methyl sites for hydroxylation is 1. The summed E-state index contributed by atoms with van der Waals surface area (Å²) in [6.07, 6.45) is 2.89. The van der Waals surface area contributed by atoms with E-state index in [0.717, 1.165) is 22.8 Å². The lowest BCUT2D eigenvalue weighted by Crippen LogP contribution is -2.38. The van der Waals surface area contributed by atoms with Crippen molar-refractivity contribution in [2.45, 2.75) is 31.6 Å². The highest BCUT2D eigenvalue weighted by Gasteiger charge is 2.26. The van der Waals surface area contributed by atoms with Crippen molar-refractivity contribution in [1.82, 2.24) is 15.1 Å². The summed E-state index contributed by atoms with van der Waals surface area (Å²) >= 11 is 0. The van der Waals surface area contributed by atoms with Crippen LogP contribution in [0.1, 0.15) is 24.1 Å². The number of carbonyl (C=O) groups excluding carboxylic acids is 1. The summed E-state index contributed by atoms with van der Waals surface area (Å²) in [7, 11) is -2.23. The molecular weight excluding hydrogens is 532 g/mol. The Bertz CT molecular complexity index is 1600. The average Bonchev–Trinajstić information content (AvgIpc) is 3.29. The number of amides is 1. The van der Waals surface area contributed by atoms with E-state index >= 15 is 0 Å². The Hall–Kier alpha value is -4.45. The van der Waals surface area contributed by atoms with Crippen molar-refractivity contribution in [3.8, 4) is 17.0 Å². The molecule has 2 N–H and O–H groups in total. The predicted octanol–water partition coefficient (Wildman–Crippen LogP) is 4.41. The van der Waals surface area contributed by atoms with E-state index in [0.29, 0.717) is 42.9 Å². The first kappa shape index (κ1) is 27.1. The number of rotatable bonds is 8. The van der Waals surface area contributed by atoms with Gasteiger partial charge in [0.05, 0.1) is 23.4 Å². The predicted molar refractivity (Wildman–Crippen MR) is 151 cm³/mol. The second-order valence-corrected chi connectivity index (χ2v) is 11.3. The molecule has 0 spiro atoms. The molecule has 0 radical (unpaired) electrons. The van der Waals surface area contributed by atoms with Gasteiger partial charge >= 0.3 is 0 Å². The molecule has 2 aromatic carbocycles. The molecule has 40 heavy (non-hydrogen) atoms. The average molecular weight is 563 g/mol. The number of ether oxygens (including phenoxy) is 1. The Kier molecular flexibility index (Phi) is 7.69. The van der Waals surface area contributed by atoms with Gasteiger partial charge in [0.25, 0.3) is 10.0 Å². The van der Waals surface area contributed by atoms with E-state index in [1.165, 1.54) is 12.1 Å². The Labute approximate surface area is 232 Å². The van der Waals surface area contributed by atoms with Crippen LogP contribution in [0.5, 0.6) is 5.75 Å². The van der Waals surface area contributed by atoms with Crippen LogP contribution >= 0.6 is 0 Å². The highest BCUT2D eigenvalue weighted by atomic mass is 32.2. The molecule has 1 aliphatic heterocycles. The van der Waals surface area contributed by atoms with E-state index in [1.807, 2.05) is 30.3 Å². The Morgan fingerprint density at radius 3 is 2.35 bits per heavy atom. The Morgan fingerprint density at radius 2 is 1.73 bits per heavy atom. The first-order valence-corrected chi connectivity index (χ1v) is 14.3. The summed E-state index contributed by atoms with van der Waals surface area (Å²) in [5.41, 5.74) is 3.54. The van der Waals surface area contributed by atoms with Crippen LogP contribution in [0.2, 0.25) is 0 Å². The quantitative estimate of drug-likeness (QED) is 0.319. The summed E-state index contributed by atoms with van der Waals surface area (Å²) in [5.74, 6) is 1.43. The summed E-state index contributed by atoms with van der Waals surface area (Å²) < 4.78 is 38.1. The van der Waals surface area contributed by atoms with Gasteiger partial charge < -0.3 is 19.5 Å². The minimum atomic E-state index is -3.86. The Balaban J connectivity index is 1.16. The Morgan fingerprint density at radius 1 is 1.02 bits per heavy atom. The number of sulfonamides is 1. The number of carbonyl (C=O) groups is 1. The van der Waals surface area contributed by atoms with Crippen LogP contribution in [-0.4, -0.2) is 49.6 Å². The van der Waals surface area contributed by atoms with Crippen molar-refractivity contribution >= 4 is 33.3 Å². The summed E-state index contributed by atoms with van der Waals surface area (Å²) in [6.45, 7) is 4.81. The zero-order valence-corrected chi connectivity index (χ0v) is 23.2. The van der Waals surface area contributed by atoms with Crippen molar-refractivity contribution < 1.29 is 22.5 Å². The van der Waals surface area contributed by atoms with Gasteiger partial charge in [-0.15, -0.1) is 0 Å². The van der Waals surface area contributed by atoms with Gasteiger partial charge in [-0.3, -0.25) is 4.79 Å². The highest BCUT2D eigenvalue weighted by molar-refractivity contribution is 7.92. The van der Waals surface area contributed by atoms with Gasteiger partial charge in [0, 0.05) is 41.9 Å². The molecule has 0 bridgehead atoms. The van der Waals surface area contributed by atoms with Gasteiger partial charge in [-0.05, 0) is 75.2 Å². The first-order chi connectivity index (χ1) is 19.2. The third kappa shape index (κ3) is 5.91. The molecule has 0 saturated carbocycles. The van der Waals surface area contributed by atoms with Crippen LogP contribution in [0.4, 0.5) is 17.4 Å². The van der Waals surface area contributed by atoms with Crippen molar-refractivity contribution in [2.24, 2.45) is 5.92 Å². The topological polar surface area (TPSA) is 140 Å². The maximum absolute atomic E-state index is 12.9. The minimum absolute atomic E-state index is 0.0473. The lowest BCUT2D eigenvalue weighted by atomic mass is 9.95. The molecule has 0 aliphatic carbocycles. The number of nitrogens with zero attached hydrogens (tertiary/aromatic N) is 4. The number of aromatic nitrogens is 3. The number of hydrogen-bond donors (Lipinski definition) is 2. The SMILES string of the molecule is COc1ccc(-c2cc(N3CCC(C(=O)Nc4ccc(S(=O)(=O)Nc5onc(C)c5C)cc4)CC3)ncn2)cc1. The molecule has 0 atom stereocenters. The van der Waals surface area contributed by atoms with Crippen molar-refractivity contribution in [3.63, 3.8) is 0 Å². The zero-order chi connectivity index (χ0) is 28.3. The van der Waals surface area contributed by atoms with Gasteiger partial charge in [-0.1, -0.05) is 5.16 Å². The van der Waals surface area contributed by atoms with E-state index in [9.17, 15) is 13.2 Å². The van der Waals surface area contributed by atoms with Crippen molar-refractivity contribution in [3.05, 3.63) is 72.2 Å². The van der Waals surface area contributed by atoms with Crippen molar-refractivity contribution in [2.75, 3.05) is 35.1 Å². The highest BCUT2D eigenvalue weighted by Crippen LogP contribution is 2.27. The van der Waals surface area contributed by atoms with Gasteiger partial charge in [0.15, 0.2) is 0 Å². The molecule has 208 valence electrons. The third-order valence-electron chi connectivity index (χ3n) is 7.04. The molecule has 2 aromatic heterocycles. The molecular formula is C28H30N6O5S. The number of piperidine rings is 1. The molecule has 3 heterocycles. The van der Waals surface area contributed by atoms with Gasteiger partial charge in [-0.25, -0.2) is 23.1 Å². The molecule has 1 amide bonds. The maximum Gasteiger partial charge on any atom is 0.264 e. The molecule has 12 heteroatoms. The van der Waals surface area contributed by atoms with Gasteiger partial charge in [0.2, 0.25) is 11.8 Å². The van der Waals surface area contributed by atoms with E-state index in [1.54, 1.807) is 39.4 Å². The van der Waals surface area contributed by atoms with Crippen LogP contribution < -0.4 is 19.7 Å². The van der Waals surface area contributed by atoms with Crippen LogP contribution in [0, 0.1) is 19.8 Å². The smallest absolute Gasteiger partial charge is 0.264 e. The van der Waals surface area contributed by atoms with Gasteiger partial charge in [-0.2, -0.15) is 0 Å². The molecule has 5 rings (SSSR count). The summed E-state index contributed by atoms with van der Waals surface area (Å²) in [4.78, 5) is 24.0. The number of benzene rings is 2. The van der Waals surface area contributed by atoms with Crippen LogP contribution in [-0.2, 0) is 14.8 Å². The van der Waals surface area contributed by atoms with Crippen LogP contribution in [0.3, 0.4) is 0 Å². The van der Waals surface area contributed by atoms with E-state index < -0.39 is 10.0 Å². The zero-order valence-electron chi connectivity index (χ0n) is 22.4. The first-order valence-electron chi connectivity index (χ1n) is 12.8. The lowest BCUT2D eigenvalue weighted by molar-refractivity contribution is -0.120. The normalized spacial score (nSPS) is 14.1. The van der Waals surface area contributed by atoms with Gasteiger partial charge in [0.1, 0.15) is 17.9 Å². The molecule has 1 saturated heterocycles. The lowest BCUT2D eigenvalue weighted by Gasteiger charge is -2.32. The summed E-state index contributed by atoms with van der Waals surface area (Å²) in [6, 6.07) is 15.7. The number of nitrogens with one attached hydrogen (secondary N) is 2. The molecule has 0 unspecified atom stereocenters. The fraction of sp³-hybridized carbons (Fsp3) is 0.286. The van der Waals surface area contributed by atoms with Crippen LogP contribution in [0.15, 0.2) is 70.3 Å². The number of anilines is 3. The minimum Gasteiger partial charge on any atom is -0.497 e. The standard InChI is InChI=1S/C28H30N6O5S/c1-18-19(2)32-39-28(18)33-40(36,37)24-10-6-22(7-11-24)31-27(35)21-12-14-34(15-13-21)26-16-25(29-17-30-26)20-4-8-23(38-3)9-5-20/h4-11,16-17,21,33H,12-15H2,1-3H3,(H,31,35). The number of methoxy groups -OCH3 is 1. The maximum atomic E-state index is 12.9. The molecule has 1 fully saturated rings. The van der Waals surface area contributed by atoms with E-state index in [-0.39, 0.29) is 22.6 Å². The monoisotopic (exact) mass is 562 g/mol. The molecule has 4 aromatic rings. The van der Waals surface area contributed by atoms with E-state index in [2.05, 4.69) is 30.1 Å². The van der Waals surface area contributed by atoms with Crippen LogP contribution in [0.25, 0.3) is 11.3 Å². The number of hydrogen-bond acceptors (Lipinski definition) is 9. The third-order valence-corrected chi connectivity index (χ3v) is 8.39. The van der Waals surface area contributed by atoms with Crippen molar-refractivity contribution in [1.29, 1.82) is 0 Å². The summed E-state index contributed by atoms with van der Waals surface area (Å²) in [5, 5.41) is 6.68. The fourth-order valence-electron chi connectivity index (χ4n) is 4.46. The largest absolute Gasteiger partial charge is 0.497 e. The fourth-order valence-corrected chi connectivity index (χ4v) is 5.51.